The smallest absolute Gasteiger partial charge is 0.120 e. The second kappa shape index (κ2) is 3.11. The van der Waals surface area contributed by atoms with E-state index in [9.17, 15) is 5.11 Å². The molecule has 0 aliphatic heterocycles. The summed E-state index contributed by atoms with van der Waals surface area (Å²) < 4.78 is 0. The minimum absolute atomic E-state index is 0.186. The van der Waals surface area contributed by atoms with Gasteiger partial charge < -0.3 is 10.8 Å². The molecular formula is C8H10ClNO. The molecule has 0 bridgehead atoms. The van der Waals surface area contributed by atoms with Crippen molar-refractivity contribution < 1.29 is 5.11 Å². The SMILES string of the molecule is CC(N)c1cc(Cl)ccc1O. The van der Waals surface area contributed by atoms with Gasteiger partial charge >= 0.3 is 0 Å². The van der Waals surface area contributed by atoms with Crippen molar-refractivity contribution in [1.29, 1.82) is 0 Å². The number of rotatable bonds is 1. The van der Waals surface area contributed by atoms with E-state index in [0.29, 0.717) is 10.6 Å². The lowest BCUT2D eigenvalue weighted by Crippen LogP contribution is -2.04. The predicted molar refractivity (Wildman–Crippen MR) is 45.7 cm³/mol. The Labute approximate surface area is 70.6 Å². The van der Waals surface area contributed by atoms with Crippen LogP contribution in [0.15, 0.2) is 18.2 Å². The molecule has 1 aromatic carbocycles. The first-order valence-electron chi connectivity index (χ1n) is 3.35. The average molecular weight is 172 g/mol. The van der Waals surface area contributed by atoms with Crippen LogP contribution in [-0.4, -0.2) is 5.11 Å². The maximum Gasteiger partial charge on any atom is 0.120 e. The molecule has 3 heteroatoms. The van der Waals surface area contributed by atoms with Crippen molar-refractivity contribution >= 4 is 11.6 Å². The molecule has 0 fully saturated rings. The topological polar surface area (TPSA) is 46.2 Å². The summed E-state index contributed by atoms with van der Waals surface area (Å²) in [7, 11) is 0. The molecule has 1 rings (SSSR count). The first-order chi connectivity index (χ1) is 5.11. The van der Waals surface area contributed by atoms with Gasteiger partial charge in [0.1, 0.15) is 5.75 Å². The summed E-state index contributed by atoms with van der Waals surface area (Å²) in [5.41, 5.74) is 6.24. The summed E-state index contributed by atoms with van der Waals surface area (Å²) in [6, 6.07) is 4.65. The van der Waals surface area contributed by atoms with Gasteiger partial charge in [-0.05, 0) is 25.1 Å². The Bertz CT molecular complexity index is 260. The van der Waals surface area contributed by atoms with E-state index in [1.807, 2.05) is 0 Å². The van der Waals surface area contributed by atoms with E-state index in [1.54, 1.807) is 25.1 Å². The number of aromatic hydroxyl groups is 1. The summed E-state index contributed by atoms with van der Waals surface area (Å²) in [4.78, 5) is 0. The van der Waals surface area contributed by atoms with Crippen LogP contribution < -0.4 is 5.73 Å². The van der Waals surface area contributed by atoms with Crippen molar-refractivity contribution in [2.45, 2.75) is 13.0 Å². The van der Waals surface area contributed by atoms with E-state index in [-0.39, 0.29) is 11.8 Å². The highest BCUT2D eigenvalue weighted by Gasteiger charge is 2.05. The number of benzene rings is 1. The lowest BCUT2D eigenvalue weighted by Gasteiger charge is -2.07. The van der Waals surface area contributed by atoms with Gasteiger partial charge in [-0.15, -0.1) is 0 Å². The fraction of sp³-hybridized carbons (Fsp3) is 0.250. The molecule has 0 aliphatic carbocycles. The molecule has 1 unspecified atom stereocenters. The van der Waals surface area contributed by atoms with Crippen molar-refractivity contribution in [1.82, 2.24) is 0 Å². The Morgan fingerprint density at radius 2 is 2.18 bits per heavy atom. The summed E-state index contributed by atoms with van der Waals surface area (Å²) in [6.45, 7) is 1.80. The molecule has 1 aromatic rings. The van der Waals surface area contributed by atoms with Crippen molar-refractivity contribution in [3.63, 3.8) is 0 Å². The van der Waals surface area contributed by atoms with Crippen molar-refractivity contribution in [2.24, 2.45) is 5.73 Å². The number of nitrogens with two attached hydrogens (primary N) is 1. The largest absolute Gasteiger partial charge is 0.508 e. The molecule has 11 heavy (non-hydrogen) atoms. The maximum absolute atomic E-state index is 9.27. The van der Waals surface area contributed by atoms with Gasteiger partial charge in [0.25, 0.3) is 0 Å². The Balaban J connectivity index is 3.13. The molecular weight excluding hydrogens is 162 g/mol. The van der Waals surface area contributed by atoms with E-state index in [2.05, 4.69) is 0 Å². The molecule has 0 aliphatic rings. The van der Waals surface area contributed by atoms with Crippen LogP contribution in [0.4, 0.5) is 0 Å². The van der Waals surface area contributed by atoms with Gasteiger partial charge in [-0.25, -0.2) is 0 Å². The fourth-order valence-electron chi connectivity index (χ4n) is 0.890. The van der Waals surface area contributed by atoms with Crippen LogP contribution in [0, 0.1) is 0 Å². The molecule has 60 valence electrons. The van der Waals surface area contributed by atoms with Crippen LogP contribution in [0.5, 0.6) is 5.75 Å². The molecule has 0 spiro atoms. The van der Waals surface area contributed by atoms with Gasteiger partial charge in [-0.2, -0.15) is 0 Å². The summed E-state index contributed by atoms with van der Waals surface area (Å²) in [5.74, 6) is 0.199. The van der Waals surface area contributed by atoms with E-state index in [4.69, 9.17) is 17.3 Å². The quantitative estimate of drug-likeness (QED) is 0.680. The molecule has 2 nitrogen and oxygen atoms in total. The third-order valence-corrected chi connectivity index (χ3v) is 1.72. The number of halogens is 1. The van der Waals surface area contributed by atoms with Crippen molar-refractivity contribution in [3.05, 3.63) is 28.8 Å². The summed E-state index contributed by atoms with van der Waals surface area (Å²) in [6.07, 6.45) is 0. The van der Waals surface area contributed by atoms with Gasteiger partial charge in [-0.3, -0.25) is 0 Å². The Hall–Kier alpha value is -0.730. The second-order valence-corrected chi connectivity index (χ2v) is 2.93. The Kier molecular flexibility index (Phi) is 2.37. The summed E-state index contributed by atoms with van der Waals surface area (Å²) >= 11 is 5.69. The Morgan fingerprint density at radius 1 is 1.55 bits per heavy atom. The highest BCUT2D eigenvalue weighted by Crippen LogP contribution is 2.25. The first-order valence-corrected chi connectivity index (χ1v) is 3.73. The number of hydrogen-bond donors (Lipinski definition) is 2. The lowest BCUT2D eigenvalue weighted by atomic mass is 10.1. The van der Waals surface area contributed by atoms with Gasteiger partial charge in [0.05, 0.1) is 0 Å². The normalized spacial score (nSPS) is 13.0. The monoisotopic (exact) mass is 171 g/mol. The maximum atomic E-state index is 9.27. The van der Waals surface area contributed by atoms with E-state index >= 15 is 0 Å². The van der Waals surface area contributed by atoms with Gasteiger partial charge in [-0.1, -0.05) is 11.6 Å². The zero-order valence-electron chi connectivity index (χ0n) is 6.21. The molecule has 0 saturated carbocycles. The van der Waals surface area contributed by atoms with Crippen molar-refractivity contribution in [3.8, 4) is 5.75 Å². The molecule has 0 aromatic heterocycles. The minimum Gasteiger partial charge on any atom is -0.508 e. The van der Waals surface area contributed by atoms with E-state index in [1.165, 1.54) is 0 Å². The van der Waals surface area contributed by atoms with Gasteiger partial charge in [0, 0.05) is 16.6 Å². The fourth-order valence-corrected chi connectivity index (χ4v) is 1.07. The molecule has 3 N–H and O–H groups in total. The van der Waals surface area contributed by atoms with Crippen LogP contribution in [0.3, 0.4) is 0 Å². The molecule has 1 atom stereocenters. The second-order valence-electron chi connectivity index (χ2n) is 2.49. The molecule has 0 radical (unpaired) electrons. The molecule has 0 amide bonds. The molecule has 0 heterocycles. The Morgan fingerprint density at radius 3 is 2.64 bits per heavy atom. The number of phenols is 1. The lowest BCUT2D eigenvalue weighted by molar-refractivity contribution is 0.464. The van der Waals surface area contributed by atoms with E-state index < -0.39 is 0 Å². The predicted octanol–water partition coefficient (Wildman–Crippen LogP) is 2.07. The molecule has 0 saturated heterocycles. The number of hydrogen-bond acceptors (Lipinski definition) is 2. The van der Waals surface area contributed by atoms with E-state index in [0.717, 1.165) is 0 Å². The zero-order chi connectivity index (χ0) is 8.43. The summed E-state index contributed by atoms with van der Waals surface area (Å²) in [5, 5.41) is 9.86. The highest BCUT2D eigenvalue weighted by atomic mass is 35.5. The number of phenolic OH excluding ortho intramolecular Hbond substituents is 1. The van der Waals surface area contributed by atoms with Crippen molar-refractivity contribution in [2.75, 3.05) is 0 Å². The van der Waals surface area contributed by atoms with Gasteiger partial charge in [0.15, 0.2) is 0 Å². The average Bonchev–Trinajstić information content (AvgIpc) is 1.94. The third-order valence-electron chi connectivity index (χ3n) is 1.48. The first kappa shape index (κ1) is 8.37. The highest BCUT2D eigenvalue weighted by molar-refractivity contribution is 6.30. The zero-order valence-corrected chi connectivity index (χ0v) is 6.97. The van der Waals surface area contributed by atoms with Gasteiger partial charge in [0.2, 0.25) is 0 Å². The van der Waals surface area contributed by atoms with Crippen LogP contribution in [0.1, 0.15) is 18.5 Å². The standard InChI is InChI=1S/C8H10ClNO/c1-5(10)7-4-6(9)2-3-8(7)11/h2-5,11H,10H2,1H3. The van der Waals surface area contributed by atoms with Crippen LogP contribution >= 0.6 is 11.6 Å². The van der Waals surface area contributed by atoms with Crippen LogP contribution in [0.25, 0.3) is 0 Å². The minimum atomic E-state index is -0.186. The van der Waals surface area contributed by atoms with Crippen LogP contribution in [0.2, 0.25) is 5.02 Å². The third kappa shape index (κ3) is 1.85. The van der Waals surface area contributed by atoms with Crippen LogP contribution in [-0.2, 0) is 0 Å².